The van der Waals surface area contributed by atoms with Gasteiger partial charge in [-0.25, -0.2) is 15.1 Å². The highest BCUT2D eigenvalue weighted by molar-refractivity contribution is 7.99. The first-order chi connectivity index (χ1) is 15.0. The molecule has 0 spiro atoms. The summed E-state index contributed by atoms with van der Waals surface area (Å²) in [4.78, 5) is 38.9. The van der Waals surface area contributed by atoms with Gasteiger partial charge in [-0.15, -0.1) is 0 Å². The zero-order valence-corrected chi connectivity index (χ0v) is 17.8. The van der Waals surface area contributed by atoms with E-state index in [-0.39, 0.29) is 18.3 Å². The molecule has 0 heterocycles. The fraction of sp³-hybridized carbons (Fsp3) is 0.318. The van der Waals surface area contributed by atoms with Gasteiger partial charge < -0.3 is 15.2 Å². The average Bonchev–Trinajstić information content (AvgIpc) is 3.09. The number of fused-ring (bicyclic) bond motifs is 3. The molecule has 2 aromatic rings. The SMILES string of the molecule is CC(ONC(=O)CSCCNC(=O)OCC1c2ccccc2-c2ccccc21)C(=O)O. The van der Waals surface area contributed by atoms with Crippen molar-refractivity contribution in [3.63, 3.8) is 0 Å². The summed E-state index contributed by atoms with van der Waals surface area (Å²) in [5, 5.41) is 11.3. The van der Waals surface area contributed by atoms with Crippen molar-refractivity contribution in [3.05, 3.63) is 59.7 Å². The van der Waals surface area contributed by atoms with Crippen molar-refractivity contribution in [2.45, 2.75) is 18.9 Å². The Morgan fingerprint density at radius 3 is 2.29 bits per heavy atom. The number of hydrogen-bond donors (Lipinski definition) is 3. The van der Waals surface area contributed by atoms with E-state index in [1.54, 1.807) is 0 Å². The van der Waals surface area contributed by atoms with Crippen LogP contribution in [0.15, 0.2) is 48.5 Å². The molecule has 0 radical (unpaired) electrons. The average molecular weight is 445 g/mol. The van der Waals surface area contributed by atoms with Gasteiger partial charge in [0.05, 0.1) is 5.75 Å². The molecule has 1 aliphatic rings. The van der Waals surface area contributed by atoms with Crippen LogP contribution in [-0.4, -0.2) is 53.8 Å². The first-order valence-corrected chi connectivity index (χ1v) is 11.0. The molecule has 3 N–H and O–H groups in total. The Hall–Kier alpha value is -3.04. The van der Waals surface area contributed by atoms with Gasteiger partial charge in [-0.05, 0) is 29.2 Å². The molecule has 0 aliphatic heterocycles. The van der Waals surface area contributed by atoms with Crippen molar-refractivity contribution in [2.75, 3.05) is 24.7 Å². The van der Waals surface area contributed by atoms with Crippen LogP contribution in [0.5, 0.6) is 0 Å². The molecule has 9 heteroatoms. The van der Waals surface area contributed by atoms with E-state index in [4.69, 9.17) is 9.84 Å². The lowest BCUT2D eigenvalue weighted by Crippen LogP contribution is -2.33. The van der Waals surface area contributed by atoms with Crippen molar-refractivity contribution in [3.8, 4) is 11.1 Å². The highest BCUT2D eigenvalue weighted by Crippen LogP contribution is 2.44. The van der Waals surface area contributed by atoms with Crippen molar-refractivity contribution in [1.82, 2.24) is 10.8 Å². The summed E-state index contributed by atoms with van der Waals surface area (Å²) < 4.78 is 5.44. The molecule has 3 rings (SSSR count). The zero-order valence-electron chi connectivity index (χ0n) is 17.0. The quantitative estimate of drug-likeness (QED) is 0.381. The number of amides is 2. The Bertz CT molecular complexity index is 906. The standard InChI is InChI=1S/C22H24N2O6S/c1-14(21(26)27)30-24-20(25)13-31-11-10-23-22(28)29-12-19-17-8-4-2-6-15(17)16-7-3-5-9-18(16)19/h2-9,14,19H,10-13H2,1H3,(H,23,28)(H,24,25)(H,26,27). The van der Waals surface area contributed by atoms with Crippen LogP contribution < -0.4 is 10.8 Å². The second kappa shape index (κ2) is 10.8. The molecule has 1 unspecified atom stereocenters. The second-order valence-corrected chi connectivity index (χ2v) is 8.03. The van der Waals surface area contributed by atoms with Crippen LogP contribution in [-0.2, 0) is 19.2 Å². The van der Waals surface area contributed by atoms with Gasteiger partial charge in [0.15, 0.2) is 6.10 Å². The van der Waals surface area contributed by atoms with Crippen LogP contribution in [0.4, 0.5) is 4.79 Å². The molecular weight excluding hydrogens is 420 g/mol. The number of ether oxygens (including phenoxy) is 1. The molecule has 0 fully saturated rings. The molecule has 1 aliphatic carbocycles. The Kier molecular flexibility index (Phi) is 7.91. The number of benzene rings is 2. The monoisotopic (exact) mass is 444 g/mol. The number of carbonyl (C=O) groups excluding carboxylic acids is 2. The molecular formula is C22H24N2O6S. The summed E-state index contributed by atoms with van der Waals surface area (Å²) in [6.07, 6.45) is -1.63. The predicted molar refractivity (Wildman–Crippen MR) is 117 cm³/mol. The van der Waals surface area contributed by atoms with E-state index in [1.165, 1.54) is 29.8 Å². The molecule has 0 bridgehead atoms. The minimum absolute atomic E-state index is 0.00409. The van der Waals surface area contributed by atoms with Crippen LogP contribution in [0.25, 0.3) is 11.1 Å². The van der Waals surface area contributed by atoms with Gasteiger partial charge in [0.25, 0.3) is 5.91 Å². The maximum atomic E-state index is 12.1. The zero-order chi connectivity index (χ0) is 22.2. The number of nitrogens with one attached hydrogen (secondary N) is 2. The van der Waals surface area contributed by atoms with Gasteiger partial charge in [0, 0.05) is 18.2 Å². The lowest BCUT2D eigenvalue weighted by Gasteiger charge is -2.14. The summed E-state index contributed by atoms with van der Waals surface area (Å²) in [5.74, 6) is -1.03. The number of hydroxylamine groups is 1. The van der Waals surface area contributed by atoms with Crippen LogP contribution in [0.1, 0.15) is 24.0 Å². The summed E-state index contributed by atoms with van der Waals surface area (Å²) in [7, 11) is 0. The first-order valence-electron chi connectivity index (χ1n) is 9.81. The first kappa shape index (κ1) is 22.6. The number of rotatable bonds is 10. The Morgan fingerprint density at radius 1 is 1.06 bits per heavy atom. The van der Waals surface area contributed by atoms with Gasteiger partial charge in [-0.2, -0.15) is 11.8 Å². The maximum absolute atomic E-state index is 12.1. The van der Waals surface area contributed by atoms with E-state index >= 15 is 0 Å². The molecule has 2 amide bonds. The molecule has 0 aromatic heterocycles. The predicted octanol–water partition coefficient (Wildman–Crippen LogP) is 2.78. The van der Waals surface area contributed by atoms with E-state index in [0.29, 0.717) is 12.3 Å². The normalized spacial score (nSPS) is 13.1. The van der Waals surface area contributed by atoms with Crippen LogP contribution in [0.3, 0.4) is 0 Å². The van der Waals surface area contributed by atoms with E-state index in [0.717, 1.165) is 11.1 Å². The summed E-state index contributed by atoms with van der Waals surface area (Å²) in [6.45, 7) is 1.89. The van der Waals surface area contributed by atoms with Gasteiger partial charge in [-0.1, -0.05) is 48.5 Å². The summed E-state index contributed by atoms with van der Waals surface area (Å²) in [6, 6.07) is 16.2. The maximum Gasteiger partial charge on any atom is 0.407 e. The molecule has 31 heavy (non-hydrogen) atoms. The molecule has 1 atom stereocenters. The molecule has 0 saturated heterocycles. The largest absolute Gasteiger partial charge is 0.479 e. The van der Waals surface area contributed by atoms with E-state index in [2.05, 4.69) is 39.9 Å². The number of alkyl carbamates (subject to hydrolysis) is 1. The van der Waals surface area contributed by atoms with E-state index < -0.39 is 24.1 Å². The van der Waals surface area contributed by atoms with Crippen molar-refractivity contribution in [2.24, 2.45) is 0 Å². The third-order valence-corrected chi connectivity index (χ3v) is 5.75. The highest BCUT2D eigenvalue weighted by Gasteiger charge is 2.28. The number of carboxylic acids is 1. The lowest BCUT2D eigenvalue weighted by molar-refractivity contribution is -0.157. The summed E-state index contributed by atoms with van der Waals surface area (Å²) >= 11 is 1.28. The third kappa shape index (κ3) is 5.99. The van der Waals surface area contributed by atoms with Crippen LogP contribution in [0.2, 0.25) is 0 Å². The van der Waals surface area contributed by atoms with Gasteiger partial charge in [0.2, 0.25) is 0 Å². The van der Waals surface area contributed by atoms with Gasteiger partial charge in [0.1, 0.15) is 6.61 Å². The Labute approximate surface area is 184 Å². The van der Waals surface area contributed by atoms with Crippen LogP contribution in [0, 0.1) is 0 Å². The topological polar surface area (TPSA) is 114 Å². The van der Waals surface area contributed by atoms with Crippen molar-refractivity contribution >= 4 is 29.7 Å². The van der Waals surface area contributed by atoms with Crippen LogP contribution >= 0.6 is 11.8 Å². The van der Waals surface area contributed by atoms with Crippen molar-refractivity contribution in [1.29, 1.82) is 0 Å². The fourth-order valence-corrected chi connectivity index (χ4v) is 3.91. The number of carbonyl (C=O) groups is 3. The third-order valence-electron chi connectivity index (χ3n) is 4.79. The smallest absolute Gasteiger partial charge is 0.407 e. The van der Waals surface area contributed by atoms with Gasteiger partial charge in [-0.3, -0.25) is 9.63 Å². The number of carboxylic acid groups (broad SMARTS) is 1. The van der Waals surface area contributed by atoms with Gasteiger partial charge >= 0.3 is 12.1 Å². The number of aliphatic carboxylic acids is 1. The van der Waals surface area contributed by atoms with Crippen molar-refractivity contribution < 1.29 is 29.1 Å². The fourth-order valence-electron chi connectivity index (χ4n) is 3.27. The number of thioether (sulfide) groups is 1. The van der Waals surface area contributed by atoms with E-state index in [9.17, 15) is 14.4 Å². The minimum atomic E-state index is -1.17. The Morgan fingerprint density at radius 2 is 1.68 bits per heavy atom. The molecule has 2 aromatic carbocycles. The lowest BCUT2D eigenvalue weighted by atomic mass is 9.98. The number of hydrogen-bond acceptors (Lipinski definition) is 6. The molecule has 0 saturated carbocycles. The highest BCUT2D eigenvalue weighted by atomic mass is 32.2. The minimum Gasteiger partial charge on any atom is -0.479 e. The molecule has 8 nitrogen and oxygen atoms in total. The molecule has 164 valence electrons. The van der Waals surface area contributed by atoms with E-state index in [1.807, 2.05) is 24.3 Å². The summed E-state index contributed by atoms with van der Waals surface area (Å²) in [5.41, 5.74) is 6.72. The second-order valence-electron chi connectivity index (χ2n) is 6.93. The Balaban J connectivity index is 1.36.